The van der Waals surface area contributed by atoms with Gasteiger partial charge in [0, 0.05) is 9.13 Å². The van der Waals surface area contributed by atoms with E-state index in [2.05, 4.69) is 64.2 Å². The molecule has 0 N–H and O–H groups in total. The fraction of sp³-hybridized carbons (Fsp3) is 0.250. The van der Waals surface area contributed by atoms with Crippen LogP contribution in [0.1, 0.15) is 5.56 Å². The number of ether oxygens (including phenoxy) is 1. The van der Waals surface area contributed by atoms with Gasteiger partial charge < -0.3 is 4.74 Å². The molecule has 60 valence electrons. The summed E-state index contributed by atoms with van der Waals surface area (Å²) >= 11 is 4.58. The topological polar surface area (TPSA) is 9.23 Å². The molecule has 11 heavy (non-hydrogen) atoms. The van der Waals surface area contributed by atoms with Crippen molar-refractivity contribution >= 4 is 45.2 Å². The van der Waals surface area contributed by atoms with Crippen molar-refractivity contribution in [1.29, 1.82) is 0 Å². The normalized spacial score (nSPS) is 9.82. The molecular weight excluding hydrogens is 366 g/mol. The molecule has 0 atom stereocenters. The highest BCUT2D eigenvalue weighted by molar-refractivity contribution is 14.1. The van der Waals surface area contributed by atoms with E-state index in [-0.39, 0.29) is 0 Å². The van der Waals surface area contributed by atoms with E-state index < -0.39 is 0 Å². The Hall–Kier alpha value is 0.480. The Kier molecular flexibility index (Phi) is 3.42. The first-order chi connectivity index (χ1) is 5.16. The van der Waals surface area contributed by atoms with Gasteiger partial charge in [-0.1, -0.05) is 0 Å². The molecule has 0 heterocycles. The fourth-order valence-electron chi connectivity index (χ4n) is 0.885. The third-order valence-electron chi connectivity index (χ3n) is 1.50. The van der Waals surface area contributed by atoms with Gasteiger partial charge in [0.05, 0.1) is 10.7 Å². The van der Waals surface area contributed by atoms with Gasteiger partial charge in [-0.15, -0.1) is 0 Å². The molecule has 0 aliphatic heterocycles. The van der Waals surface area contributed by atoms with Crippen LogP contribution in [0.3, 0.4) is 0 Å². The molecule has 0 radical (unpaired) electrons. The molecule has 0 saturated carbocycles. The monoisotopic (exact) mass is 374 g/mol. The minimum absolute atomic E-state index is 0.998. The van der Waals surface area contributed by atoms with Crippen LogP contribution < -0.4 is 4.74 Å². The summed E-state index contributed by atoms with van der Waals surface area (Å²) in [5, 5.41) is 0. The molecule has 1 nitrogen and oxygen atoms in total. The highest BCUT2D eigenvalue weighted by Gasteiger charge is 2.05. The number of hydrogen-bond donors (Lipinski definition) is 0. The molecule has 1 rings (SSSR count). The molecule has 0 spiro atoms. The number of methoxy groups -OCH3 is 1. The molecule has 0 fully saturated rings. The van der Waals surface area contributed by atoms with Crippen molar-refractivity contribution in [1.82, 2.24) is 0 Å². The Morgan fingerprint density at radius 1 is 1.18 bits per heavy atom. The standard InChI is InChI=1S/C8H8I2O/c1-5-6(9)3-4-7(10)8(5)11-2/h3-4H,1-2H3. The second-order valence-electron chi connectivity index (χ2n) is 2.19. The largest absolute Gasteiger partial charge is 0.495 e. The lowest BCUT2D eigenvalue weighted by Gasteiger charge is -2.07. The van der Waals surface area contributed by atoms with E-state index in [9.17, 15) is 0 Å². The lowest BCUT2D eigenvalue weighted by Crippen LogP contribution is -1.92. The zero-order valence-corrected chi connectivity index (χ0v) is 10.6. The lowest BCUT2D eigenvalue weighted by atomic mass is 10.2. The van der Waals surface area contributed by atoms with Crippen molar-refractivity contribution in [2.45, 2.75) is 6.92 Å². The first-order valence-electron chi connectivity index (χ1n) is 3.15. The van der Waals surface area contributed by atoms with E-state index in [0.717, 1.165) is 5.75 Å². The lowest BCUT2D eigenvalue weighted by molar-refractivity contribution is 0.408. The maximum Gasteiger partial charge on any atom is 0.136 e. The van der Waals surface area contributed by atoms with Gasteiger partial charge in [-0.25, -0.2) is 0 Å². The summed E-state index contributed by atoms with van der Waals surface area (Å²) in [5.41, 5.74) is 1.22. The molecule has 0 saturated heterocycles. The molecule has 0 bridgehead atoms. The van der Waals surface area contributed by atoms with Gasteiger partial charge in [0.15, 0.2) is 0 Å². The van der Waals surface area contributed by atoms with Gasteiger partial charge in [-0.05, 0) is 64.2 Å². The van der Waals surface area contributed by atoms with Gasteiger partial charge in [0.1, 0.15) is 5.75 Å². The minimum atomic E-state index is 0.998. The van der Waals surface area contributed by atoms with Gasteiger partial charge in [-0.3, -0.25) is 0 Å². The fourth-order valence-corrected chi connectivity index (χ4v) is 2.11. The zero-order valence-electron chi connectivity index (χ0n) is 6.32. The predicted molar refractivity (Wildman–Crippen MR) is 63.2 cm³/mol. The van der Waals surface area contributed by atoms with Crippen molar-refractivity contribution in [2.24, 2.45) is 0 Å². The van der Waals surface area contributed by atoms with Crippen LogP contribution in [-0.4, -0.2) is 7.11 Å². The smallest absolute Gasteiger partial charge is 0.136 e. The van der Waals surface area contributed by atoms with Crippen LogP contribution >= 0.6 is 45.2 Å². The van der Waals surface area contributed by atoms with Gasteiger partial charge in [0.2, 0.25) is 0 Å². The second-order valence-corrected chi connectivity index (χ2v) is 4.51. The van der Waals surface area contributed by atoms with E-state index >= 15 is 0 Å². The molecular formula is C8H8I2O. The number of hydrogen-bond acceptors (Lipinski definition) is 1. The Morgan fingerprint density at radius 2 is 1.73 bits per heavy atom. The van der Waals surface area contributed by atoms with Crippen molar-refractivity contribution < 1.29 is 4.74 Å². The van der Waals surface area contributed by atoms with E-state index in [1.807, 2.05) is 0 Å². The van der Waals surface area contributed by atoms with Crippen LogP contribution in [0.2, 0.25) is 0 Å². The first kappa shape index (κ1) is 9.57. The molecule has 1 aromatic rings. The van der Waals surface area contributed by atoms with E-state index in [0.29, 0.717) is 0 Å². The quantitative estimate of drug-likeness (QED) is 0.687. The zero-order chi connectivity index (χ0) is 8.43. The molecule has 3 heteroatoms. The van der Waals surface area contributed by atoms with Crippen molar-refractivity contribution in [3.8, 4) is 5.75 Å². The average Bonchev–Trinajstić information content (AvgIpc) is 1.99. The van der Waals surface area contributed by atoms with E-state index in [1.165, 1.54) is 12.7 Å². The van der Waals surface area contributed by atoms with Crippen molar-refractivity contribution in [2.75, 3.05) is 7.11 Å². The van der Waals surface area contributed by atoms with Gasteiger partial charge in [0.25, 0.3) is 0 Å². The summed E-state index contributed by atoms with van der Waals surface area (Å²) in [6.07, 6.45) is 0. The summed E-state index contributed by atoms with van der Waals surface area (Å²) in [5.74, 6) is 0.998. The average molecular weight is 374 g/mol. The van der Waals surface area contributed by atoms with E-state index in [4.69, 9.17) is 4.74 Å². The summed E-state index contributed by atoms with van der Waals surface area (Å²) in [7, 11) is 1.71. The maximum absolute atomic E-state index is 5.24. The Labute approximate surface area is 93.8 Å². The SMILES string of the molecule is COc1c(I)ccc(I)c1C. The van der Waals surface area contributed by atoms with Crippen molar-refractivity contribution in [3.05, 3.63) is 24.8 Å². The summed E-state index contributed by atoms with van der Waals surface area (Å²) in [6, 6.07) is 4.16. The third kappa shape index (κ3) is 1.99. The van der Waals surface area contributed by atoms with Crippen LogP contribution in [0.5, 0.6) is 5.75 Å². The number of rotatable bonds is 1. The Balaban J connectivity index is 3.29. The Bertz CT molecular complexity index is 271. The van der Waals surface area contributed by atoms with Crippen molar-refractivity contribution in [3.63, 3.8) is 0 Å². The first-order valence-corrected chi connectivity index (χ1v) is 5.31. The van der Waals surface area contributed by atoms with Crippen LogP contribution in [0.25, 0.3) is 0 Å². The number of benzene rings is 1. The molecule has 1 aromatic carbocycles. The summed E-state index contributed by atoms with van der Waals surface area (Å²) in [6.45, 7) is 2.07. The summed E-state index contributed by atoms with van der Waals surface area (Å²) in [4.78, 5) is 0. The van der Waals surface area contributed by atoms with Gasteiger partial charge >= 0.3 is 0 Å². The molecule has 0 unspecified atom stereocenters. The molecule has 0 aromatic heterocycles. The molecule has 0 amide bonds. The van der Waals surface area contributed by atoms with Gasteiger partial charge in [-0.2, -0.15) is 0 Å². The second kappa shape index (κ2) is 3.93. The highest BCUT2D eigenvalue weighted by atomic mass is 127. The van der Waals surface area contributed by atoms with E-state index in [1.54, 1.807) is 7.11 Å². The molecule has 0 aliphatic carbocycles. The van der Waals surface area contributed by atoms with Crippen LogP contribution in [-0.2, 0) is 0 Å². The Morgan fingerprint density at radius 3 is 2.18 bits per heavy atom. The predicted octanol–water partition coefficient (Wildman–Crippen LogP) is 3.21. The number of halogens is 2. The minimum Gasteiger partial charge on any atom is -0.495 e. The van der Waals surface area contributed by atoms with Crippen LogP contribution in [0.15, 0.2) is 12.1 Å². The summed E-state index contributed by atoms with van der Waals surface area (Å²) < 4.78 is 7.66. The molecule has 0 aliphatic rings. The van der Waals surface area contributed by atoms with Crippen LogP contribution in [0.4, 0.5) is 0 Å². The van der Waals surface area contributed by atoms with Crippen LogP contribution in [0, 0.1) is 14.1 Å². The third-order valence-corrected chi connectivity index (χ3v) is 3.51. The maximum atomic E-state index is 5.24. The highest BCUT2D eigenvalue weighted by Crippen LogP contribution is 2.28.